The van der Waals surface area contributed by atoms with Gasteiger partial charge in [-0.3, -0.25) is 0 Å². The van der Waals surface area contributed by atoms with Crippen LogP contribution in [0.5, 0.6) is 11.5 Å². The van der Waals surface area contributed by atoms with E-state index in [2.05, 4.69) is 10.6 Å². The van der Waals surface area contributed by atoms with Gasteiger partial charge in [0.25, 0.3) is 0 Å². The van der Waals surface area contributed by atoms with Crippen molar-refractivity contribution in [3.05, 3.63) is 48.0 Å². The van der Waals surface area contributed by atoms with Crippen molar-refractivity contribution in [1.29, 1.82) is 0 Å². The van der Waals surface area contributed by atoms with E-state index in [1.54, 1.807) is 18.2 Å². The highest BCUT2D eigenvalue weighted by atomic mass is 16.6. The molecule has 0 saturated carbocycles. The minimum Gasteiger partial charge on any atom is -0.486 e. The van der Waals surface area contributed by atoms with Crippen LogP contribution in [0.4, 0.5) is 16.2 Å². The van der Waals surface area contributed by atoms with E-state index in [4.69, 9.17) is 9.47 Å². The minimum atomic E-state index is -0.261. The van der Waals surface area contributed by atoms with Crippen molar-refractivity contribution in [2.24, 2.45) is 0 Å². The van der Waals surface area contributed by atoms with Crippen LogP contribution in [0.2, 0.25) is 0 Å². The zero-order chi connectivity index (χ0) is 16.9. The van der Waals surface area contributed by atoms with Gasteiger partial charge in [0.05, 0.1) is 0 Å². The van der Waals surface area contributed by atoms with Crippen molar-refractivity contribution in [3.8, 4) is 11.5 Å². The van der Waals surface area contributed by atoms with Gasteiger partial charge >= 0.3 is 6.03 Å². The van der Waals surface area contributed by atoms with Crippen LogP contribution in [0.25, 0.3) is 0 Å². The molecule has 0 radical (unpaired) electrons. The quantitative estimate of drug-likeness (QED) is 0.906. The Bertz CT molecular complexity index is 714. The molecular weight excluding hydrogens is 306 g/mol. The van der Waals surface area contributed by atoms with Gasteiger partial charge in [-0.15, -0.1) is 0 Å². The summed E-state index contributed by atoms with van der Waals surface area (Å²) in [6, 6.07) is 13.1. The molecule has 0 saturated heterocycles. The van der Waals surface area contributed by atoms with E-state index in [0.717, 1.165) is 11.3 Å². The van der Waals surface area contributed by atoms with Crippen molar-refractivity contribution in [1.82, 2.24) is 5.32 Å². The first-order chi connectivity index (χ1) is 11.6. The Morgan fingerprint density at radius 2 is 1.75 bits per heavy atom. The fourth-order valence-electron chi connectivity index (χ4n) is 2.39. The van der Waals surface area contributed by atoms with Gasteiger partial charge in [0.1, 0.15) is 13.2 Å². The Balaban J connectivity index is 1.54. The molecule has 6 nitrogen and oxygen atoms in total. The molecule has 2 aromatic carbocycles. The van der Waals surface area contributed by atoms with E-state index in [0.29, 0.717) is 36.9 Å². The van der Waals surface area contributed by atoms with Crippen molar-refractivity contribution in [2.75, 3.05) is 37.5 Å². The Labute approximate surface area is 141 Å². The summed E-state index contributed by atoms with van der Waals surface area (Å²) in [5.74, 6) is 1.35. The number of carbonyl (C=O) groups excluding carboxylic acids is 1. The van der Waals surface area contributed by atoms with Crippen LogP contribution in [0.3, 0.4) is 0 Å². The third-order valence-electron chi connectivity index (χ3n) is 3.71. The fraction of sp³-hybridized carbons (Fsp3) is 0.278. The lowest BCUT2D eigenvalue weighted by Gasteiger charge is -2.19. The van der Waals surface area contributed by atoms with E-state index in [1.165, 1.54) is 0 Å². The van der Waals surface area contributed by atoms with Gasteiger partial charge in [0, 0.05) is 38.1 Å². The summed E-state index contributed by atoms with van der Waals surface area (Å²) in [5, 5.41) is 5.64. The topological polar surface area (TPSA) is 62.8 Å². The van der Waals surface area contributed by atoms with Gasteiger partial charge < -0.3 is 25.0 Å². The molecule has 0 bridgehead atoms. The molecule has 0 spiro atoms. The molecule has 6 heteroatoms. The lowest BCUT2D eigenvalue weighted by molar-refractivity contribution is 0.171. The summed E-state index contributed by atoms with van der Waals surface area (Å²) in [4.78, 5) is 14.1. The molecule has 2 N–H and O–H groups in total. The molecule has 0 fully saturated rings. The molecule has 0 unspecified atom stereocenters. The van der Waals surface area contributed by atoms with Gasteiger partial charge in [-0.25, -0.2) is 4.79 Å². The second-order valence-corrected chi connectivity index (χ2v) is 5.73. The number of amides is 2. The normalized spacial score (nSPS) is 12.4. The molecular formula is C18H21N3O3. The average molecular weight is 327 g/mol. The summed E-state index contributed by atoms with van der Waals surface area (Å²) in [6.45, 7) is 1.53. The third-order valence-corrected chi connectivity index (χ3v) is 3.71. The van der Waals surface area contributed by atoms with Crippen LogP contribution in [0.1, 0.15) is 5.56 Å². The summed E-state index contributed by atoms with van der Waals surface area (Å²) in [5.41, 5.74) is 2.83. The number of anilines is 2. The molecule has 2 amide bonds. The summed E-state index contributed by atoms with van der Waals surface area (Å²) < 4.78 is 11.0. The van der Waals surface area contributed by atoms with E-state index < -0.39 is 0 Å². The van der Waals surface area contributed by atoms with Crippen molar-refractivity contribution in [2.45, 2.75) is 6.54 Å². The Kier molecular flexibility index (Phi) is 4.74. The molecule has 3 rings (SSSR count). The standard InChI is InChI=1S/C18H21N3O3/c1-21(2)15-6-3-13(4-7-15)12-19-18(22)20-14-5-8-16-17(11-14)24-10-9-23-16/h3-8,11H,9-10,12H2,1-2H3,(H2,19,20,22). The maximum atomic E-state index is 12.0. The number of fused-ring (bicyclic) bond motifs is 1. The first kappa shape index (κ1) is 16.0. The SMILES string of the molecule is CN(C)c1ccc(CNC(=O)Nc2ccc3c(c2)OCCO3)cc1. The van der Waals surface area contributed by atoms with Crippen molar-refractivity contribution in [3.63, 3.8) is 0 Å². The molecule has 126 valence electrons. The highest BCUT2D eigenvalue weighted by Gasteiger charge is 2.12. The second kappa shape index (κ2) is 7.12. The molecule has 1 aliphatic rings. The zero-order valence-electron chi connectivity index (χ0n) is 13.8. The molecule has 1 aliphatic heterocycles. The maximum Gasteiger partial charge on any atom is 0.319 e. The molecule has 2 aromatic rings. The lowest BCUT2D eigenvalue weighted by atomic mass is 10.2. The minimum absolute atomic E-state index is 0.261. The average Bonchev–Trinajstić information content (AvgIpc) is 2.60. The van der Waals surface area contributed by atoms with Gasteiger partial charge in [-0.1, -0.05) is 12.1 Å². The Morgan fingerprint density at radius 3 is 2.46 bits per heavy atom. The van der Waals surface area contributed by atoms with E-state index >= 15 is 0 Å². The number of rotatable bonds is 4. The van der Waals surface area contributed by atoms with E-state index in [-0.39, 0.29) is 6.03 Å². The number of benzene rings is 2. The van der Waals surface area contributed by atoms with Crippen LogP contribution < -0.4 is 25.0 Å². The van der Waals surface area contributed by atoms with Crippen LogP contribution in [-0.4, -0.2) is 33.3 Å². The summed E-state index contributed by atoms with van der Waals surface area (Å²) in [7, 11) is 3.99. The van der Waals surface area contributed by atoms with Gasteiger partial charge in [-0.2, -0.15) is 0 Å². The van der Waals surface area contributed by atoms with Gasteiger partial charge in [0.15, 0.2) is 11.5 Å². The molecule has 24 heavy (non-hydrogen) atoms. The second-order valence-electron chi connectivity index (χ2n) is 5.73. The largest absolute Gasteiger partial charge is 0.486 e. The lowest BCUT2D eigenvalue weighted by Crippen LogP contribution is -2.28. The molecule has 1 heterocycles. The number of nitrogens with one attached hydrogen (secondary N) is 2. The monoisotopic (exact) mass is 327 g/mol. The number of urea groups is 1. The highest BCUT2D eigenvalue weighted by molar-refractivity contribution is 5.89. The fourth-order valence-corrected chi connectivity index (χ4v) is 2.39. The third kappa shape index (κ3) is 3.90. The first-order valence-corrected chi connectivity index (χ1v) is 7.82. The Morgan fingerprint density at radius 1 is 1.04 bits per heavy atom. The predicted octanol–water partition coefficient (Wildman–Crippen LogP) is 2.85. The van der Waals surface area contributed by atoms with Crippen LogP contribution in [0, 0.1) is 0 Å². The summed E-state index contributed by atoms with van der Waals surface area (Å²) >= 11 is 0. The number of hydrogen-bond acceptors (Lipinski definition) is 4. The molecule has 0 aliphatic carbocycles. The van der Waals surface area contributed by atoms with E-state index in [9.17, 15) is 4.79 Å². The summed E-state index contributed by atoms with van der Waals surface area (Å²) in [6.07, 6.45) is 0. The predicted molar refractivity (Wildman–Crippen MR) is 94.1 cm³/mol. The van der Waals surface area contributed by atoms with Crippen LogP contribution >= 0.6 is 0 Å². The smallest absolute Gasteiger partial charge is 0.319 e. The maximum absolute atomic E-state index is 12.0. The van der Waals surface area contributed by atoms with E-state index in [1.807, 2.05) is 43.3 Å². The van der Waals surface area contributed by atoms with Crippen molar-refractivity contribution < 1.29 is 14.3 Å². The number of nitrogens with zero attached hydrogens (tertiary/aromatic N) is 1. The molecule has 0 atom stereocenters. The van der Waals surface area contributed by atoms with Crippen LogP contribution in [-0.2, 0) is 6.54 Å². The van der Waals surface area contributed by atoms with Crippen molar-refractivity contribution >= 4 is 17.4 Å². The Hall–Kier alpha value is -2.89. The molecule has 0 aromatic heterocycles. The van der Waals surface area contributed by atoms with Gasteiger partial charge in [-0.05, 0) is 29.8 Å². The van der Waals surface area contributed by atoms with Gasteiger partial charge in [0.2, 0.25) is 0 Å². The number of carbonyl (C=O) groups is 1. The number of hydrogen-bond donors (Lipinski definition) is 2. The zero-order valence-corrected chi connectivity index (χ0v) is 13.8. The first-order valence-electron chi connectivity index (χ1n) is 7.82. The highest BCUT2D eigenvalue weighted by Crippen LogP contribution is 2.32. The number of ether oxygens (including phenoxy) is 2. The van der Waals surface area contributed by atoms with Crippen LogP contribution in [0.15, 0.2) is 42.5 Å².